The third-order valence-corrected chi connectivity index (χ3v) is 5.79. The van der Waals surface area contributed by atoms with Crippen molar-refractivity contribution >= 4 is 22.4 Å². The van der Waals surface area contributed by atoms with Crippen molar-refractivity contribution < 1.29 is 9.13 Å². The lowest BCUT2D eigenvalue weighted by molar-refractivity contribution is 0.386. The number of halogens is 1. The van der Waals surface area contributed by atoms with Crippen LogP contribution in [-0.2, 0) is 6.42 Å². The molecule has 2 heterocycles. The summed E-state index contributed by atoms with van der Waals surface area (Å²) in [7, 11) is 3.19. The molecule has 1 fully saturated rings. The minimum absolute atomic E-state index is 0.0901. The predicted octanol–water partition coefficient (Wildman–Crippen LogP) is 3.36. The molecule has 1 aromatic carbocycles. The molecule has 0 spiro atoms. The highest BCUT2D eigenvalue weighted by Crippen LogP contribution is 2.24. The van der Waals surface area contributed by atoms with Gasteiger partial charge in [-0.15, -0.1) is 11.3 Å². The molecule has 152 valence electrons. The maximum absolute atomic E-state index is 13.9. The molecule has 1 aliphatic rings. The second-order valence-electron chi connectivity index (χ2n) is 6.82. The molecule has 1 aliphatic heterocycles. The Morgan fingerprint density at radius 1 is 1.39 bits per heavy atom. The van der Waals surface area contributed by atoms with E-state index in [1.165, 1.54) is 26.0 Å². The first kappa shape index (κ1) is 20.4. The van der Waals surface area contributed by atoms with E-state index in [2.05, 4.69) is 25.9 Å². The third-order valence-electron chi connectivity index (χ3n) is 4.84. The molecule has 6 nitrogen and oxygen atoms in total. The van der Waals surface area contributed by atoms with Gasteiger partial charge in [-0.2, -0.15) is 0 Å². The van der Waals surface area contributed by atoms with E-state index in [9.17, 15) is 4.39 Å². The summed E-state index contributed by atoms with van der Waals surface area (Å²) in [6.45, 7) is 4.93. The number of hydrogen-bond acceptors (Lipinski definition) is 5. The van der Waals surface area contributed by atoms with Gasteiger partial charge >= 0.3 is 0 Å². The van der Waals surface area contributed by atoms with Gasteiger partial charge in [-0.05, 0) is 37.5 Å². The first-order chi connectivity index (χ1) is 13.6. The monoisotopic (exact) mass is 405 g/mol. The smallest absolute Gasteiger partial charge is 0.191 e. The quantitative estimate of drug-likeness (QED) is 0.546. The van der Waals surface area contributed by atoms with Crippen LogP contribution in [0.1, 0.15) is 37.1 Å². The maximum Gasteiger partial charge on any atom is 0.191 e. The Morgan fingerprint density at radius 3 is 2.86 bits per heavy atom. The van der Waals surface area contributed by atoms with Crippen LogP contribution in [0.5, 0.6) is 5.75 Å². The number of nitrogens with one attached hydrogen (secondary N) is 2. The molecule has 0 radical (unpaired) electrons. The molecule has 8 heteroatoms. The summed E-state index contributed by atoms with van der Waals surface area (Å²) in [6.07, 6.45) is 3.35. The van der Waals surface area contributed by atoms with Crippen molar-refractivity contribution in [2.75, 3.05) is 38.7 Å². The second kappa shape index (κ2) is 9.73. The van der Waals surface area contributed by atoms with Gasteiger partial charge in [-0.1, -0.05) is 6.07 Å². The van der Waals surface area contributed by atoms with Gasteiger partial charge in [0, 0.05) is 38.5 Å². The number of ether oxygens (including phenoxy) is 1. The van der Waals surface area contributed by atoms with E-state index in [4.69, 9.17) is 9.72 Å². The fraction of sp³-hybridized carbons (Fsp3) is 0.500. The zero-order valence-electron chi connectivity index (χ0n) is 16.7. The highest BCUT2D eigenvalue weighted by molar-refractivity contribution is 7.13. The Labute approximate surface area is 169 Å². The van der Waals surface area contributed by atoms with Crippen LogP contribution in [0.25, 0.3) is 0 Å². The number of guanidine groups is 1. The molecule has 2 aromatic rings. The van der Waals surface area contributed by atoms with E-state index >= 15 is 0 Å². The number of benzene rings is 1. The van der Waals surface area contributed by atoms with E-state index in [0.717, 1.165) is 42.4 Å². The number of aliphatic imine (C=N–C) groups is 1. The fourth-order valence-corrected chi connectivity index (χ4v) is 4.12. The van der Waals surface area contributed by atoms with Gasteiger partial charge < -0.3 is 20.3 Å². The molecule has 1 unspecified atom stereocenters. The summed E-state index contributed by atoms with van der Waals surface area (Å²) >= 11 is 1.72. The standard InChI is InChI=1S/C20H28FN5OS/c1-14(15-6-7-18(27-3)17(21)12-15)24-19(22-2)23-9-8-16-13-28-20(25-16)26-10-4-5-11-26/h6-7,12-14H,4-5,8-11H2,1-3H3,(H2,22,23,24). The summed E-state index contributed by atoms with van der Waals surface area (Å²) in [4.78, 5) is 11.4. The number of aromatic nitrogens is 1. The van der Waals surface area contributed by atoms with Crippen LogP contribution in [0.2, 0.25) is 0 Å². The zero-order chi connectivity index (χ0) is 19.9. The van der Waals surface area contributed by atoms with E-state index in [1.807, 2.05) is 13.0 Å². The number of hydrogen-bond donors (Lipinski definition) is 2. The highest BCUT2D eigenvalue weighted by Gasteiger charge is 2.16. The topological polar surface area (TPSA) is 61.8 Å². The van der Waals surface area contributed by atoms with Gasteiger partial charge in [0.1, 0.15) is 0 Å². The van der Waals surface area contributed by atoms with Crippen molar-refractivity contribution in [2.45, 2.75) is 32.2 Å². The molecule has 1 saturated heterocycles. The molecule has 28 heavy (non-hydrogen) atoms. The Hall–Kier alpha value is -2.35. The van der Waals surface area contributed by atoms with E-state index < -0.39 is 0 Å². The fourth-order valence-electron chi connectivity index (χ4n) is 3.21. The number of nitrogens with zero attached hydrogens (tertiary/aromatic N) is 3. The summed E-state index contributed by atoms with van der Waals surface area (Å²) in [5, 5.41) is 9.86. The number of methoxy groups -OCH3 is 1. The predicted molar refractivity (Wildman–Crippen MR) is 113 cm³/mol. The van der Waals surface area contributed by atoms with Crippen molar-refractivity contribution in [1.29, 1.82) is 0 Å². The van der Waals surface area contributed by atoms with Gasteiger partial charge in [0.2, 0.25) is 0 Å². The lowest BCUT2D eigenvalue weighted by Crippen LogP contribution is -2.39. The van der Waals surface area contributed by atoms with Gasteiger partial charge in [0.25, 0.3) is 0 Å². The Balaban J connectivity index is 1.48. The largest absolute Gasteiger partial charge is 0.494 e. The second-order valence-corrected chi connectivity index (χ2v) is 7.66. The molecule has 3 rings (SSSR count). The minimum atomic E-state index is -0.367. The SMILES string of the molecule is CN=C(NCCc1csc(N2CCCC2)n1)NC(C)c1ccc(OC)c(F)c1. The van der Waals surface area contributed by atoms with Gasteiger partial charge in [-0.25, -0.2) is 9.37 Å². The maximum atomic E-state index is 13.9. The lowest BCUT2D eigenvalue weighted by Gasteiger charge is -2.18. The summed E-state index contributed by atoms with van der Waals surface area (Å²) in [5.41, 5.74) is 1.93. The highest BCUT2D eigenvalue weighted by atomic mass is 32.1. The Morgan fingerprint density at radius 2 is 2.18 bits per heavy atom. The van der Waals surface area contributed by atoms with Crippen molar-refractivity contribution in [1.82, 2.24) is 15.6 Å². The van der Waals surface area contributed by atoms with Crippen molar-refractivity contribution in [3.63, 3.8) is 0 Å². The van der Waals surface area contributed by atoms with Crippen molar-refractivity contribution in [2.24, 2.45) is 4.99 Å². The summed E-state index contributed by atoms with van der Waals surface area (Å²) in [5.74, 6) is 0.558. The van der Waals surface area contributed by atoms with Crippen LogP contribution < -0.4 is 20.3 Å². The molecule has 0 saturated carbocycles. The van der Waals surface area contributed by atoms with E-state index in [-0.39, 0.29) is 17.6 Å². The molecule has 1 atom stereocenters. The van der Waals surface area contributed by atoms with Gasteiger partial charge in [0.15, 0.2) is 22.7 Å². The number of thiazole rings is 1. The van der Waals surface area contributed by atoms with E-state index in [0.29, 0.717) is 5.96 Å². The minimum Gasteiger partial charge on any atom is -0.494 e. The summed E-state index contributed by atoms with van der Waals surface area (Å²) < 4.78 is 18.9. The number of anilines is 1. The third kappa shape index (κ3) is 5.13. The Kier molecular flexibility index (Phi) is 7.08. The van der Waals surface area contributed by atoms with Crippen LogP contribution in [-0.4, -0.2) is 44.7 Å². The number of rotatable bonds is 7. The Bertz CT molecular complexity index is 804. The molecular formula is C20H28FN5OS. The molecule has 0 aliphatic carbocycles. The summed E-state index contributed by atoms with van der Waals surface area (Å²) in [6, 6.07) is 4.88. The molecule has 1 aromatic heterocycles. The van der Waals surface area contributed by atoms with Gasteiger partial charge in [0.05, 0.1) is 18.8 Å². The first-order valence-corrected chi connectivity index (χ1v) is 10.5. The van der Waals surface area contributed by atoms with Crippen LogP contribution in [0, 0.1) is 5.82 Å². The normalized spacial score (nSPS) is 15.6. The average molecular weight is 406 g/mol. The van der Waals surface area contributed by atoms with Crippen LogP contribution >= 0.6 is 11.3 Å². The van der Waals surface area contributed by atoms with Crippen LogP contribution in [0.3, 0.4) is 0 Å². The average Bonchev–Trinajstić information content (AvgIpc) is 3.38. The molecule has 0 amide bonds. The lowest BCUT2D eigenvalue weighted by atomic mass is 10.1. The molecule has 2 N–H and O–H groups in total. The van der Waals surface area contributed by atoms with E-state index in [1.54, 1.807) is 24.5 Å². The first-order valence-electron chi connectivity index (χ1n) is 9.60. The van der Waals surface area contributed by atoms with Crippen LogP contribution in [0.15, 0.2) is 28.6 Å². The van der Waals surface area contributed by atoms with Crippen LogP contribution in [0.4, 0.5) is 9.52 Å². The zero-order valence-corrected chi connectivity index (χ0v) is 17.5. The van der Waals surface area contributed by atoms with Gasteiger partial charge in [-0.3, -0.25) is 4.99 Å². The van der Waals surface area contributed by atoms with Crippen molar-refractivity contribution in [3.8, 4) is 5.75 Å². The van der Waals surface area contributed by atoms with Crippen molar-refractivity contribution in [3.05, 3.63) is 40.7 Å². The molecular weight excluding hydrogens is 377 g/mol. The molecule has 0 bridgehead atoms.